The zero-order valence-electron chi connectivity index (χ0n) is 16.2. The fourth-order valence-corrected chi connectivity index (χ4v) is 4.24. The van der Waals surface area contributed by atoms with Crippen LogP contribution in [0.1, 0.15) is 25.7 Å². The van der Waals surface area contributed by atoms with Crippen molar-refractivity contribution in [3.8, 4) is 11.5 Å². The monoisotopic (exact) mass is 433 g/mol. The largest absolute Gasteiger partial charge is 0.334 e. The molecule has 1 aliphatic rings. The van der Waals surface area contributed by atoms with Gasteiger partial charge in [-0.05, 0) is 39.1 Å². The number of sulfonamides is 1. The molecule has 0 amide bonds. The maximum absolute atomic E-state index is 14.4. The van der Waals surface area contributed by atoms with Crippen molar-refractivity contribution in [1.29, 1.82) is 0 Å². The Labute approximate surface area is 170 Å². The summed E-state index contributed by atoms with van der Waals surface area (Å²) in [6.07, 6.45) is 0. The van der Waals surface area contributed by atoms with Gasteiger partial charge in [-0.1, -0.05) is 5.16 Å². The number of halogens is 2. The molecule has 0 bridgehead atoms. The summed E-state index contributed by atoms with van der Waals surface area (Å²) in [6.45, 7) is 5.89. The van der Waals surface area contributed by atoms with Crippen molar-refractivity contribution in [2.75, 3.05) is 33.7 Å². The zero-order valence-corrected chi connectivity index (χ0v) is 17.8. The van der Waals surface area contributed by atoms with Gasteiger partial charge in [0.2, 0.25) is 10.0 Å². The fraction of sp³-hybridized carbons (Fsp3) is 0.529. The van der Waals surface area contributed by atoms with Gasteiger partial charge >= 0.3 is 0 Å². The number of nitrogens with zero attached hydrogens (tertiary/aromatic N) is 4. The number of nitrogens with one attached hydrogen (secondary N) is 1. The molecule has 156 valence electrons. The van der Waals surface area contributed by atoms with Crippen LogP contribution in [-0.4, -0.2) is 67.5 Å². The highest BCUT2D eigenvalue weighted by Gasteiger charge is 2.28. The molecule has 1 unspecified atom stereocenters. The van der Waals surface area contributed by atoms with Crippen LogP contribution < -0.4 is 5.32 Å². The molecule has 3 rings (SSSR count). The van der Waals surface area contributed by atoms with Gasteiger partial charge in [-0.15, -0.1) is 12.4 Å². The lowest BCUT2D eigenvalue weighted by Gasteiger charge is -2.30. The van der Waals surface area contributed by atoms with Crippen LogP contribution in [0.15, 0.2) is 27.6 Å². The van der Waals surface area contributed by atoms with E-state index in [9.17, 15) is 12.8 Å². The smallest absolute Gasteiger partial charge is 0.261 e. The number of rotatable bonds is 5. The summed E-state index contributed by atoms with van der Waals surface area (Å²) in [5, 5.41) is 7.22. The summed E-state index contributed by atoms with van der Waals surface area (Å²) >= 11 is 0. The molecule has 1 atom stereocenters. The van der Waals surface area contributed by atoms with Crippen LogP contribution in [0, 0.1) is 5.82 Å². The second-order valence-corrected chi connectivity index (χ2v) is 8.91. The molecule has 2 heterocycles. The average molecular weight is 434 g/mol. The molecule has 0 saturated carbocycles. The number of hydrogen-bond acceptors (Lipinski definition) is 7. The summed E-state index contributed by atoms with van der Waals surface area (Å²) in [5.41, 5.74) is -0.0293. The van der Waals surface area contributed by atoms with E-state index in [-0.39, 0.29) is 40.8 Å². The van der Waals surface area contributed by atoms with Crippen molar-refractivity contribution in [2.45, 2.75) is 30.8 Å². The first-order valence-corrected chi connectivity index (χ1v) is 10.2. The summed E-state index contributed by atoms with van der Waals surface area (Å²) in [5.74, 6) is -0.219. The summed E-state index contributed by atoms with van der Waals surface area (Å²) < 4.78 is 46.2. The highest BCUT2D eigenvalue weighted by atomic mass is 35.5. The van der Waals surface area contributed by atoms with E-state index in [1.165, 1.54) is 23.5 Å². The second kappa shape index (κ2) is 8.83. The molecular weight excluding hydrogens is 409 g/mol. The average Bonchev–Trinajstić information content (AvgIpc) is 3.11. The number of hydrogen-bond donors (Lipinski definition) is 1. The Kier molecular flexibility index (Phi) is 7.16. The lowest BCUT2D eigenvalue weighted by molar-refractivity contribution is 0.190. The van der Waals surface area contributed by atoms with Crippen molar-refractivity contribution < 1.29 is 17.3 Å². The summed E-state index contributed by atoms with van der Waals surface area (Å²) in [6, 6.07) is 3.27. The third kappa shape index (κ3) is 4.36. The highest BCUT2D eigenvalue weighted by Crippen LogP contribution is 2.28. The summed E-state index contributed by atoms with van der Waals surface area (Å²) in [7, 11) is -0.308. The van der Waals surface area contributed by atoms with Crippen LogP contribution in [0.25, 0.3) is 11.5 Å². The Morgan fingerprint density at radius 3 is 2.75 bits per heavy atom. The van der Waals surface area contributed by atoms with E-state index >= 15 is 0 Å². The van der Waals surface area contributed by atoms with Gasteiger partial charge in [0, 0.05) is 32.7 Å². The van der Waals surface area contributed by atoms with Crippen LogP contribution >= 0.6 is 12.4 Å². The first-order valence-electron chi connectivity index (χ1n) is 8.74. The third-order valence-corrected chi connectivity index (χ3v) is 6.85. The molecule has 1 N–H and O–H groups in total. The lowest BCUT2D eigenvalue weighted by atomic mass is 10.2. The topological polar surface area (TPSA) is 91.6 Å². The number of benzene rings is 1. The van der Waals surface area contributed by atoms with Gasteiger partial charge in [-0.2, -0.15) is 9.29 Å². The van der Waals surface area contributed by atoms with Gasteiger partial charge in [0.1, 0.15) is 5.82 Å². The second-order valence-electron chi connectivity index (χ2n) is 6.91. The molecule has 11 heteroatoms. The van der Waals surface area contributed by atoms with Gasteiger partial charge < -0.3 is 9.84 Å². The van der Waals surface area contributed by atoms with Gasteiger partial charge in [0.05, 0.1) is 16.5 Å². The van der Waals surface area contributed by atoms with E-state index in [0.29, 0.717) is 12.4 Å². The molecule has 1 aromatic carbocycles. The molecule has 1 aromatic heterocycles. The molecule has 28 heavy (non-hydrogen) atoms. The fourth-order valence-electron chi connectivity index (χ4n) is 2.85. The predicted molar refractivity (Wildman–Crippen MR) is 105 cm³/mol. The quantitative estimate of drug-likeness (QED) is 0.769. The Morgan fingerprint density at radius 1 is 1.39 bits per heavy atom. The number of likely N-dealkylation sites (N-methyl/N-ethyl adjacent to an activating group) is 1. The maximum atomic E-state index is 14.4. The third-order valence-electron chi connectivity index (χ3n) is 4.82. The van der Waals surface area contributed by atoms with E-state index in [1.54, 1.807) is 13.8 Å². The molecule has 1 fully saturated rings. The van der Waals surface area contributed by atoms with E-state index in [4.69, 9.17) is 4.52 Å². The molecule has 8 nitrogen and oxygen atoms in total. The van der Waals surface area contributed by atoms with Crippen LogP contribution in [0.3, 0.4) is 0 Å². The minimum Gasteiger partial charge on any atom is -0.334 e. The van der Waals surface area contributed by atoms with Crippen molar-refractivity contribution in [2.24, 2.45) is 0 Å². The van der Waals surface area contributed by atoms with Gasteiger partial charge in [-0.25, -0.2) is 12.8 Å². The Hall–Kier alpha value is -1.59. The standard InChI is InChI=1S/C17H24FN5O3S.ClH/c1-11(2)23(4)27(24,25)12-5-6-14(18)13(9-12)17-20-16(21-26-17)15-10-19-7-8-22(15)3;/h5-6,9,11,15,19H,7-8,10H2,1-4H3;1H. The van der Waals surface area contributed by atoms with Crippen LogP contribution in [0.5, 0.6) is 0 Å². The first-order chi connectivity index (χ1) is 12.7. The summed E-state index contributed by atoms with van der Waals surface area (Å²) in [4.78, 5) is 6.37. The van der Waals surface area contributed by atoms with Crippen LogP contribution in [0.4, 0.5) is 4.39 Å². The van der Waals surface area contributed by atoms with Crippen molar-refractivity contribution >= 4 is 22.4 Å². The zero-order chi connectivity index (χ0) is 19.8. The van der Waals surface area contributed by atoms with E-state index in [0.717, 1.165) is 19.2 Å². The van der Waals surface area contributed by atoms with Crippen molar-refractivity contribution in [1.82, 2.24) is 24.7 Å². The van der Waals surface area contributed by atoms with E-state index in [2.05, 4.69) is 20.4 Å². The van der Waals surface area contributed by atoms with Crippen LogP contribution in [0.2, 0.25) is 0 Å². The van der Waals surface area contributed by atoms with Gasteiger partial charge in [0.15, 0.2) is 5.82 Å². The Bertz CT molecular complexity index is 921. The van der Waals surface area contributed by atoms with Crippen molar-refractivity contribution in [3.05, 3.63) is 29.8 Å². The minimum absolute atomic E-state index is 0. The predicted octanol–water partition coefficient (Wildman–Crippen LogP) is 1.90. The SMILES string of the molecule is CC(C)N(C)S(=O)(=O)c1ccc(F)c(-c2nc(C3CNCCN3C)no2)c1.Cl. The molecule has 1 saturated heterocycles. The number of aromatic nitrogens is 2. The van der Waals surface area contributed by atoms with Gasteiger partial charge in [0.25, 0.3) is 5.89 Å². The Balaban J connectivity index is 0.00000280. The molecule has 1 aliphatic heterocycles. The van der Waals surface area contributed by atoms with Gasteiger partial charge in [-0.3, -0.25) is 4.90 Å². The maximum Gasteiger partial charge on any atom is 0.261 e. The highest BCUT2D eigenvalue weighted by molar-refractivity contribution is 7.89. The molecule has 0 spiro atoms. The van der Waals surface area contributed by atoms with E-state index < -0.39 is 15.8 Å². The van der Waals surface area contributed by atoms with Crippen molar-refractivity contribution in [3.63, 3.8) is 0 Å². The molecule has 0 radical (unpaired) electrons. The molecular formula is C17H25ClFN5O3S. The number of piperazine rings is 1. The van der Waals surface area contributed by atoms with Crippen LogP contribution in [-0.2, 0) is 10.0 Å². The van der Waals surface area contributed by atoms with E-state index in [1.807, 2.05) is 7.05 Å². The normalized spacial score (nSPS) is 18.5. The minimum atomic E-state index is -3.75. The lowest BCUT2D eigenvalue weighted by Crippen LogP contribution is -2.44. The molecule has 0 aliphatic carbocycles. The first kappa shape index (κ1) is 22.7. The Morgan fingerprint density at radius 2 is 2.11 bits per heavy atom. The molecule has 2 aromatic rings.